The topological polar surface area (TPSA) is 23.6 Å². The number of nitrogens with zero attached hydrogens (tertiary/aromatic N) is 2. The zero-order chi connectivity index (χ0) is 19.0. The summed E-state index contributed by atoms with van der Waals surface area (Å²) in [6, 6.07) is 16.0. The number of likely N-dealkylation sites (tertiary alicyclic amines) is 2. The van der Waals surface area contributed by atoms with Gasteiger partial charge in [0.05, 0.1) is 0 Å². The third-order valence-corrected chi connectivity index (χ3v) is 6.24. The number of carbonyl (C=O) groups excluding carboxylic acids is 1. The number of piperidine rings is 1. The van der Waals surface area contributed by atoms with Crippen LogP contribution in [0.5, 0.6) is 0 Å². The number of halogens is 1. The minimum Gasteiger partial charge on any atom is -0.339 e. The first kappa shape index (κ1) is 18.2. The van der Waals surface area contributed by atoms with Crippen LogP contribution in [0.1, 0.15) is 36.0 Å². The van der Waals surface area contributed by atoms with Gasteiger partial charge in [0.2, 0.25) is 5.91 Å². The monoisotopic (exact) mass is 366 g/mol. The molecule has 4 heteroatoms. The van der Waals surface area contributed by atoms with Gasteiger partial charge in [0.25, 0.3) is 0 Å². The summed E-state index contributed by atoms with van der Waals surface area (Å²) in [5.74, 6) is 0.785. The fraction of sp³-hybridized carbons (Fsp3) is 0.435. The van der Waals surface area contributed by atoms with Crippen LogP contribution in [0, 0.1) is 18.7 Å². The zero-order valence-corrected chi connectivity index (χ0v) is 16.1. The van der Waals surface area contributed by atoms with E-state index in [1.807, 2.05) is 12.1 Å². The lowest BCUT2D eigenvalue weighted by Gasteiger charge is -2.39. The van der Waals surface area contributed by atoms with Crippen LogP contribution in [0.2, 0.25) is 0 Å². The molecule has 2 aliphatic heterocycles. The van der Waals surface area contributed by atoms with Crippen molar-refractivity contribution < 1.29 is 9.18 Å². The number of hydrogen-bond donors (Lipinski definition) is 0. The Hall–Kier alpha value is -2.20. The van der Waals surface area contributed by atoms with Crippen molar-refractivity contribution in [1.29, 1.82) is 0 Å². The first-order chi connectivity index (χ1) is 13.0. The van der Waals surface area contributed by atoms with Gasteiger partial charge in [-0.1, -0.05) is 48.0 Å². The summed E-state index contributed by atoms with van der Waals surface area (Å²) >= 11 is 0. The molecule has 0 aliphatic carbocycles. The van der Waals surface area contributed by atoms with E-state index in [9.17, 15) is 9.18 Å². The van der Waals surface area contributed by atoms with Crippen LogP contribution < -0.4 is 0 Å². The zero-order valence-electron chi connectivity index (χ0n) is 16.1. The van der Waals surface area contributed by atoms with Gasteiger partial charge in [-0.15, -0.1) is 0 Å². The predicted molar refractivity (Wildman–Crippen MR) is 105 cm³/mol. The molecule has 2 aromatic carbocycles. The molecule has 2 aromatic rings. The Morgan fingerprint density at radius 1 is 1.15 bits per heavy atom. The van der Waals surface area contributed by atoms with Gasteiger partial charge in [-0.3, -0.25) is 9.69 Å². The number of carbonyl (C=O) groups is 1. The highest BCUT2D eigenvalue weighted by molar-refractivity contribution is 5.74. The Morgan fingerprint density at radius 2 is 1.96 bits per heavy atom. The van der Waals surface area contributed by atoms with Gasteiger partial charge < -0.3 is 4.90 Å². The van der Waals surface area contributed by atoms with E-state index in [-0.39, 0.29) is 11.7 Å². The largest absolute Gasteiger partial charge is 0.339 e. The van der Waals surface area contributed by atoms with Crippen molar-refractivity contribution >= 4 is 5.91 Å². The number of benzene rings is 2. The molecule has 142 valence electrons. The summed E-state index contributed by atoms with van der Waals surface area (Å²) in [4.78, 5) is 16.6. The Balaban J connectivity index is 1.57. The maximum atomic E-state index is 14.1. The van der Waals surface area contributed by atoms with Crippen molar-refractivity contribution in [3.05, 3.63) is 71.0 Å². The van der Waals surface area contributed by atoms with Crippen LogP contribution in [0.25, 0.3) is 0 Å². The van der Waals surface area contributed by atoms with Gasteiger partial charge in [0.15, 0.2) is 0 Å². The lowest BCUT2D eigenvalue weighted by molar-refractivity contribution is -0.130. The Labute approximate surface area is 160 Å². The summed E-state index contributed by atoms with van der Waals surface area (Å²) in [6.07, 6.45) is 0.959. The number of hydrogen-bond acceptors (Lipinski definition) is 2. The molecule has 0 bridgehead atoms. The van der Waals surface area contributed by atoms with Crippen LogP contribution >= 0.6 is 0 Å². The smallest absolute Gasteiger partial charge is 0.219 e. The molecule has 2 heterocycles. The minimum absolute atomic E-state index is 0.133. The van der Waals surface area contributed by atoms with Crippen LogP contribution in [0.4, 0.5) is 4.39 Å². The lowest BCUT2D eigenvalue weighted by atomic mass is 9.81. The highest BCUT2D eigenvalue weighted by atomic mass is 19.1. The second-order valence-corrected chi connectivity index (χ2v) is 8.04. The van der Waals surface area contributed by atoms with E-state index in [0.717, 1.165) is 31.6 Å². The second-order valence-electron chi connectivity index (χ2n) is 8.04. The molecule has 3 atom stereocenters. The third-order valence-electron chi connectivity index (χ3n) is 6.24. The molecule has 0 radical (unpaired) electrons. The standard InChI is InChI=1S/C23H27FN2O/c1-16-6-5-8-18(12-16)20-15-26(17(2)27)23-10-11-25(14-21(20)23)13-19-7-3-4-9-22(19)24/h3-9,12,20-21,23H,10-11,13-15H2,1-2H3/t20-,21-,23-/m0/s1. The normalized spacial score (nSPS) is 25.4. The molecule has 27 heavy (non-hydrogen) atoms. The van der Waals surface area contributed by atoms with Crippen molar-refractivity contribution in [2.24, 2.45) is 5.92 Å². The molecule has 3 nitrogen and oxygen atoms in total. The summed E-state index contributed by atoms with van der Waals surface area (Å²) in [6.45, 7) is 7.03. The van der Waals surface area contributed by atoms with E-state index >= 15 is 0 Å². The van der Waals surface area contributed by atoms with Gasteiger partial charge >= 0.3 is 0 Å². The van der Waals surface area contributed by atoms with E-state index in [1.54, 1.807) is 13.0 Å². The Bertz CT molecular complexity index is 837. The average molecular weight is 366 g/mol. The molecule has 2 aliphatic rings. The molecule has 0 saturated carbocycles. The first-order valence-corrected chi connectivity index (χ1v) is 9.82. The van der Waals surface area contributed by atoms with Gasteiger partial charge in [-0.2, -0.15) is 0 Å². The quantitative estimate of drug-likeness (QED) is 0.821. The molecule has 0 spiro atoms. The number of fused-ring (bicyclic) bond motifs is 1. The highest BCUT2D eigenvalue weighted by Gasteiger charge is 2.46. The van der Waals surface area contributed by atoms with E-state index < -0.39 is 0 Å². The first-order valence-electron chi connectivity index (χ1n) is 9.82. The van der Waals surface area contributed by atoms with Crippen LogP contribution in [-0.2, 0) is 11.3 Å². The molecular weight excluding hydrogens is 339 g/mol. The maximum absolute atomic E-state index is 14.1. The third kappa shape index (κ3) is 3.63. The van der Waals surface area contributed by atoms with Gasteiger partial charge in [-0.05, 0) is 25.0 Å². The van der Waals surface area contributed by atoms with Crippen molar-refractivity contribution in [3.63, 3.8) is 0 Å². The SMILES string of the molecule is CC(=O)N1C[C@@H](c2cccc(C)c2)[C@@H]2CN(Cc3ccccc3F)CC[C@@H]21. The minimum atomic E-state index is -0.133. The number of amides is 1. The summed E-state index contributed by atoms with van der Waals surface area (Å²) in [5.41, 5.74) is 3.33. The van der Waals surface area contributed by atoms with Crippen molar-refractivity contribution in [1.82, 2.24) is 9.80 Å². The van der Waals surface area contributed by atoms with E-state index in [0.29, 0.717) is 24.4 Å². The molecule has 0 N–H and O–H groups in total. The maximum Gasteiger partial charge on any atom is 0.219 e. The van der Waals surface area contributed by atoms with E-state index in [2.05, 4.69) is 41.0 Å². The predicted octanol–water partition coefficient (Wildman–Crippen LogP) is 3.97. The van der Waals surface area contributed by atoms with Crippen LogP contribution in [0.15, 0.2) is 48.5 Å². The summed E-state index contributed by atoms with van der Waals surface area (Å²) in [7, 11) is 0. The van der Waals surface area contributed by atoms with Crippen molar-refractivity contribution in [3.8, 4) is 0 Å². The fourth-order valence-electron chi connectivity index (χ4n) is 4.93. The van der Waals surface area contributed by atoms with Crippen molar-refractivity contribution in [2.75, 3.05) is 19.6 Å². The summed E-state index contributed by atoms with van der Waals surface area (Å²) in [5, 5.41) is 0. The van der Waals surface area contributed by atoms with Crippen LogP contribution in [0.3, 0.4) is 0 Å². The lowest BCUT2D eigenvalue weighted by Crippen LogP contribution is -2.47. The summed E-state index contributed by atoms with van der Waals surface area (Å²) < 4.78 is 14.1. The van der Waals surface area contributed by atoms with Crippen LogP contribution in [-0.4, -0.2) is 41.4 Å². The van der Waals surface area contributed by atoms with Gasteiger partial charge in [-0.25, -0.2) is 4.39 Å². The van der Waals surface area contributed by atoms with E-state index in [1.165, 1.54) is 17.2 Å². The average Bonchev–Trinajstić information content (AvgIpc) is 3.03. The molecular formula is C23H27FN2O. The second kappa shape index (κ2) is 7.43. The highest BCUT2D eigenvalue weighted by Crippen LogP contribution is 2.42. The van der Waals surface area contributed by atoms with Gasteiger partial charge in [0, 0.05) is 56.5 Å². The number of rotatable bonds is 3. The molecule has 1 amide bonds. The van der Waals surface area contributed by atoms with Crippen molar-refractivity contribution in [2.45, 2.75) is 38.8 Å². The van der Waals surface area contributed by atoms with Gasteiger partial charge in [0.1, 0.15) is 5.82 Å². The molecule has 2 fully saturated rings. The molecule has 0 aromatic heterocycles. The Morgan fingerprint density at radius 3 is 2.70 bits per heavy atom. The molecule has 2 saturated heterocycles. The fourth-order valence-corrected chi connectivity index (χ4v) is 4.93. The number of aryl methyl sites for hydroxylation is 1. The molecule has 4 rings (SSSR count). The molecule has 0 unspecified atom stereocenters. The van der Waals surface area contributed by atoms with E-state index in [4.69, 9.17) is 0 Å². The Kier molecular flexibility index (Phi) is 5.00.